The SMILES string of the molecule is Cc1cccc(CSCC(=O)N(Cc2ccccc2F)C(C)C(=O)NCC(C)C)c1. The van der Waals surface area contributed by atoms with Crippen molar-refractivity contribution in [3.63, 3.8) is 0 Å². The van der Waals surface area contributed by atoms with E-state index in [2.05, 4.69) is 11.4 Å². The molecular weight excluding hydrogens is 399 g/mol. The van der Waals surface area contributed by atoms with E-state index in [-0.39, 0.29) is 29.9 Å². The van der Waals surface area contributed by atoms with E-state index in [4.69, 9.17) is 0 Å². The Morgan fingerprint density at radius 2 is 1.83 bits per heavy atom. The lowest BCUT2D eigenvalue weighted by Crippen LogP contribution is -2.48. The van der Waals surface area contributed by atoms with Gasteiger partial charge in [0.15, 0.2) is 0 Å². The first-order chi connectivity index (χ1) is 14.3. The van der Waals surface area contributed by atoms with Gasteiger partial charge in [-0.1, -0.05) is 61.9 Å². The van der Waals surface area contributed by atoms with Crippen LogP contribution in [0.2, 0.25) is 0 Å². The Morgan fingerprint density at radius 3 is 2.50 bits per heavy atom. The molecule has 0 aliphatic rings. The van der Waals surface area contributed by atoms with Gasteiger partial charge >= 0.3 is 0 Å². The molecule has 30 heavy (non-hydrogen) atoms. The van der Waals surface area contributed by atoms with Crippen molar-refractivity contribution in [2.24, 2.45) is 5.92 Å². The number of nitrogens with one attached hydrogen (secondary N) is 1. The summed E-state index contributed by atoms with van der Waals surface area (Å²) in [6, 6.07) is 13.8. The third kappa shape index (κ3) is 7.48. The quantitative estimate of drug-likeness (QED) is 0.601. The molecule has 1 N–H and O–H groups in total. The molecule has 0 spiro atoms. The van der Waals surface area contributed by atoms with Crippen LogP contribution in [0, 0.1) is 18.7 Å². The Morgan fingerprint density at radius 1 is 1.10 bits per heavy atom. The van der Waals surface area contributed by atoms with Gasteiger partial charge in [-0.15, -0.1) is 11.8 Å². The standard InChI is InChI=1S/C24H31FN2O2S/c1-17(2)13-26-24(29)19(4)27(14-21-10-5-6-11-22(21)25)23(28)16-30-15-20-9-7-8-18(3)12-20/h5-12,17,19H,13-16H2,1-4H3,(H,26,29). The molecule has 1 atom stereocenters. The Hall–Kier alpha value is -2.34. The normalized spacial score (nSPS) is 11.9. The fourth-order valence-electron chi connectivity index (χ4n) is 2.99. The molecule has 162 valence electrons. The lowest BCUT2D eigenvalue weighted by molar-refractivity contribution is -0.138. The maximum atomic E-state index is 14.2. The molecule has 1 unspecified atom stereocenters. The van der Waals surface area contributed by atoms with Crippen LogP contribution in [0.15, 0.2) is 48.5 Å². The van der Waals surface area contributed by atoms with E-state index in [1.807, 2.05) is 39.0 Å². The Labute approximate surface area is 183 Å². The first-order valence-electron chi connectivity index (χ1n) is 10.2. The highest BCUT2D eigenvalue weighted by molar-refractivity contribution is 7.99. The first kappa shape index (κ1) is 23.9. The van der Waals surface area contributed by atoms with Gasteiger partial charge in [0.1, 0.15) is 11.9 Å². The van der Waals surface area contributed by atoms with Crippen molar-refractivity contribution in [1.29, 1.82) is 0 Å². The number of carbonyl (C=O) groups excluding carboxylic acids is 2. The van der Waals surface area contributed by atoms with Crippen LogP contribution in [-0.4, -0.2) is 35.1 Å². The number of nitrogens with zero attached hydrogens (tertiary/aromatic N) is 1. The van der Waals surface area contributed by atoms with Crippen molar-refractivity contribution < 1.29 is 14.0 Å². The molecule has 2 aromatic carbocycles. The molecule has 0 radical (unpaired) electrons. The van der Waals surface area contributed by atoms with Gasteiger partial charge in [-0.3, -0.25) is 9.59 Å². The number of halogens is 1. The van der Waals surface area contributed by atoms with Crippen LogP contribution in [-0.2, 0) is 21.9 Å². The lowest BCUT2D eigenvalue weighted by Gasteiger charge is -2.29. The van der Waals surface area contributed by atoms with E-state index >= 15 is 0 Å². The van der Waals surface area contributed by atoms with Crippen LogP contribution >= 0.6 is 11.8 Å². The summed E-state index contributed by atoms with van der Waals surface area (Å²) >= 11 is 1.50. The highest BCUT2D eigenvalue weighted by atomic mass is 32.2. The number of benzene rings is 2. The molecule has 0 aliphatic heterocycles. The summed E-state index contributed by atoms with van der Waals surface area (Å²) in [4.78, 5) is 27.1. The molecule has 0 heterocycles. The van der Waals surface area contributed by atoms with Crippen LogP contribution in [0.5, 0.6) is 0 Å². The van der Waals surface area contributed by atoms with Crippen molar-refractivity contribution in [3.8, 4) is 0 Å². The number of rotatable bonds is 10. The predicted molar refractivity (Wildman–Crippen MR) is 122 cm³/mol. The van der Waals surface area contributed by atoms with Gasteiger partial charge in [-0.05, 0) is 31.4 Å². The molecule has 4 nitrogen and oxygen atoms in total. The topological polar surface area (TPSA) is 49.4 Å². The predicted octanol–water partition coefficient (Wildman–Crippen LogP) is 4.56. The van der Waals surface area contributed by atoms with Crippen LogP contribution < -0.4 is 5.32 Å². The molecule has 0 saturated carbocycles. The second kappa shape index (κ2) is 11.7. The Balaban J connectivity index is 2.07. The van der Waals surface area contributed by atoms with E-state index in [1.54, 1.807) is 25.1 Å². The zero-order chi connectivity index (χ0) is 22.1. The van der Waals surface area contributed by atoms with Crippen LogP contribution in [0.25, 0.3) is 0 Å². The number of amides is 2. The highest BCUT2D eigenvalue weighted by Gasteiger charge is 2.26. The third-order valence-corrected chi connectivity index (χ3v) is 5.72. The van der Waals surface area contributed by atoms with Gasteiger partial charge in [-0.2, -0.15) is 0 Å². The average Bonchev–Trinajstić information content (AvgIpc) is 2.70. The molecule has 0 saturated heterocycles. The summed E-state index contributed by atoms with van der Waals surface area (Å²) in [5.41, 5.74) is 2.73. The maximum absolute atomic E-state index is 14.2. The van der Waals surface area contributed by atoms with Crippen molar-refractivity contribution in [3.05, 3.63) is 71.0 Å². The van der Waals surface area contributed by atoms with Gasteiger partial charge in [0.05, 0.1) is 5.75 Å². The molecular formula is C24H31FN2O2S. The van der Waals surface area contributed by atoms with Gasteiger partial charge in [0.25, 0.3) is 0 Å². The highest BCUT2D eigenvalue weighted by Crippen LogP contribution is 2.18. The van der Waals surface area contributed by atoms with Crippen molar-refractivity contribution in [2.45, 2.75) is 46.0 Å². The largest absolute Gasteiger partial charge is 0.354 e. The molecule has 2 aromatic rings. The number of aryl methyl sites for hydroxylation is 1. The van der Waals surface area contributed by atoms with E-state index in [0.717, 1.165) is 5.56 Å². The van der Waals surface area contributed by atoms with Gasteiger partial charge in [0, 0.05) is 24.4 Å². The maximum Gasteiger partial charge on any atom is 0.242 e. The molecule has 0 bridgehead atoms. The number of thioether (sulfide) groups is 1. The summed E-state index contributed by atoms with van der Waals surface area (Å²) < 4.78 is 14.2. The molecule has 0 fully saturated rings. The summed E-state index contributed by atoms with van der Waals surface area (Å²) in [6.45, 7) is 8.34. The van der Waals surface area contributed by atoms with Crippen molar-refractivity contribution >= 4 is 23.6 Å². The van der Waals surface area contributed by atoms with E-state index < -0.39 is 6.04 Å². The van der Waals surface area contributed by atoms with Gasteiger partial charge in [0.2, 0.25) is 11.8 Å². The number of carbonyl (C=O) groups is 2. The fraction of sp³-hybridized carbons (Fsp3) is 0.417. The van der Waals surface area contributed by atoms with Crippen LogP contribution in [0.4, 0.5) is 4.39 Å². The molecule has 2 amide bonds. The molecule has 0 aliphatic carbocycles. The lowest BCUT2D eigenvalue weighted by atomic mass is 10.1. The van der Waals surface area contributed by atoms with Crippen LogP contribution in [0.3, 0.4) is 0 Å². The minimum Gasteiger partial charge on any atom is -0.354 e. The minimum atomic E-state index is -0.685. The molecule has 6 heteroatoms. The van der Waals surface area contributed by atoms with E-state index in [0.29, 0.717) is 23.8 Å². The zero-order valence-electron chi connectivity index (χ0n) is 18.2. The number of hydrogen-bond acceptors (Lipinski definition) is 3. The van der Waals surface area contributed by atoms with Gasteiger partial charge < -0.3 is 10.2 Å². The summed E-state index contributed by atoms with van der Waals surface area (Å²) in [7, 11) is 0. The van der Waals surface area contributed by atoms with Gasteiger partial charge in [-0.25, -0.2) is 4.39 Å². The van der Waals surface area contributed by atoms with Crippen LogP contribution in [0.1, 0.15) is 37.5 Å². The third-order valence-electron chi connectivity index (χ3n) is 4.73. The van der Waals surface area contributed by atoms with E-state index in [1.165, 1.54) is 28.3 Å². The summed E-state index contributed by atoms with van der Waals surface area (Å²) in [6.07, 6.45) is 0. The average molecular weight is 431 g/mol. The smallest absolute Gasteiger partial charge is 0.242 e. The Kier molecular flexibility index (Phi) is 9.37. The van der Waals surface area contributed by atoms with Crippen molar-refractivity contribution in [1.82, 2.24) is 10.2 Å². The molecule has 2 rings (SSSR count). The Bertz CT molecular complexity index is 857. The summed E-state index contributed by atoms with van der Waals surface area (Å²) in [5, 5.41) is 2.87. The van der Waals surface area contributed by atoms with E-state index in [9.17, 15) is 14.0 Å². The molecule has 0 aromatic heterocycles. The fourth-order valence-corrected chi connectivity index (χ4v) is 3.84. The monoisotopic (exact) mass is 430 g/mol. The summed E-state index contributed by atoms with van der Waals surface area (Å²) in [5.74, 6) is 0.457. The minimum absolute atomic E-state index is 0.0623. The second-order valence-electron chi connectivity index (χ2n) is 7.91. The second-order valence-corrected chi connectivity index (χ2v) is 8.90. The zero-order valence-corrected chi connectivity index (χ0v) is 19.0. The number of hydrogen-bond donors (Lipinski definition) is 1. The first-order valence-corrected chi connectivity index (χ1v) is 11.4. The van der Waals surface area contributed by atoms with Crippen molar-refractivity contribution in [2.75, 3.05) is 12.3 Å².